The van der Waals surface area contributed by atoms with Crippen LogP contribution in [-0.2, 0) is 19.6 Å². The molecule has 0 spiro atoms. The standard InChI is InChI=1S/C24H29N3O5S/c1-17(18-6-8-19(9-7-18)26-14-4-3-5-15-26)25-33(30,31)20-10-11-22(32-2)21(16-20)27-23(28)12-13-24(27)29/h6-11,16-17,25H,3-5,12-15H2,1-2H3/t17-/m0/s1. The highest BCUT2D eigenvalue weighted by Gasteiger charge is 2.33. The van der Waals surface area contributed by atoms with Crippen molar-refractivity contribution in [3.63, 3.8) is 0 Å². The summed E-state index contributed by atoms with van der Waals surface area (Å²) in [6.07, 6.45) is 3.84. The van der Waals surface area contributed by atoms with Gasteiger partial charge >= 0.3 is 0 Å². The lowest BCUT2D eigenvalue weighted by molar-refractivity contribution is -0.121. The molecule has 2 aromatic carbocycles. The van der Waals surface area contributed by atoms with E-state index >= 15 is 0 Å². The molecule has 0 bridgehead atoms. The van der Waals surface area contributed by atoms with Crippen LogP contribution >= 0.6 is 0 Å². The highest BCUT2D eigenvalue weighted by atomic mass is 32.2. The highest BCUT2D eigenvalue weighted by molar-refractivity contribution is 7.89. The SMILES string of the molecule is COc1ccc(S(=O)(=O)N[C@@H](C)c2ccc(N3CCCCC3)cc2)cc1N1C(=O)CCC1=O. The number of nitrogens with zero attached hydrogens (tertiary/aromatic N) is 2. The van der Waals surface area contributed by atoms with Gasteiger partial charge in [0.2, 0.25) is 21.8 Å². The minimum absolute atomic E-state index is 0.0393. The molecule has 0 unspecified atom stereocenters. The van der Waals surface area contributed by atoms with Crippen molar-refractivity contribution in [1.82, 2.24) is 4.72 Å². The van der Waals surface area contributed by atoms with E-state index in [1.807, 2.05) is 24.3 Å². The fourth-order valence-electron chi connectivity index (χ4n) is 4.35. The molecule has 2 amide bonds. The predicted molar refractivity (Wildman–Crippen MR) is 126 cm³/mol. The summed E-state index contributed by atoms with van der Waals surface area (Å²) in [7, 11) is -2.51. The van der Waals surface area contributed by atoms with Crippen LogP contribution in [0.15, 0.2) is 47.4 Å². The van der Waals surface area contributed by atoms with Crippen molar-refractivity contribution in [1.29, 1.82) is 0 Å². The van der Waals surface area contributed by atoms with Crippen LogP contribution in [0.1, 0.15) is 50.6 Å². The number of anilines is 2. The van der Waals surface area contributed by atoms with E-state index in [0.29, 0.717) is 0 Å². The molecule has 0 saturated carbocycles. The summed E-state index contributed by atoms with van der Waals surface area (Å²) >= 11 is 0. The number of carbonyl (C=O) groups excluding carboxylic acids is 2. The highest BCUT2D eigenvalue weighted by Crippen LogP contribution is 2.34. The monoisotopic (exact) mass is 471 g/mol. The smallest absolute Gasteiger partial charge is 0.241 e. The zero-order valence-corrected chi connectivity index (χ0v) is 19.7. The third kappa shape index (κ3) is 4.89. The van der Waals surface area contributed by atoms with E-state index in [4.69, 9.17) is 4.74 Å². The second kappa shape index (κ2) is 9.52. The summed E-state index contributed by atoms with van der Waals surface area (Å²) in [6, 6.07) is 11.7. The van der Waals surface area contributed by atoms with Crippen LogP contribution in [0, 0.1) is 0 Å². The average molecular weight is 472 g/mol. The predicted octanol–water partition coefficient (Wildman–Crippen LogP) is 3.38. The molecule has 2 aliphatic heterocycles. The molecule has 2 aliphatic rings. The van der Waals surface area contributed by atoms with Crippen molar-refractivity contribution in [3.8, 4) is 5.75 Å². The molecule has 0 aromatic heterocycles. The van der Waals surface area contributed by atoms with Crippen LogP contribution < -0.4 is 19.3 Å². The molecule has 1 N–H and O–H groups in total. The topological polar surface area (TPSA) is 96.0 Å². The minimum atomic E-state index is -3.92. The number of imide groups is 1. The Bertz CT molecular complexity index is 1130. The maximum Gasteiger partial charge on any atom is 0.241 e. The van der Waals surface area contributed by atoms with E-state index in [0.717, 1.165) is 29.2 Å². The number of hydrogen-bond acceptors (Lipinski definition) is 6. The van der Waals surface area contributed by atoms with Gasteiger partial charge in [0, 0.05) is 37.7 Å². The molecule has 2 aromatic rings. The number of sulfonamides is 1. The van der Waals surface area contributed by atoms with Gasteiger partial charge in [-0.15, -0.1) is 0 Å². The Morgan fingerprint density at radius 3 is 2.18 bits per heavy atom. The van der Waals surface area contributed by atoms with Crippen LogP contribution in [0.3, 0.4) is 0 Å². The van der Waals surface area contributed by atoms with E-state index in [2.05, 4.69) is 9.62 Å². The Labute approximate surface area is 194 Å². The number of amides is 2. The van der Waals surface area contributed by atoms with Crippen LogP contribution in [0.25, 0.3) is 0 Å². The number of rotatable bonds is 7. The molecule has 1 atom stereocenters. The first kappa shape index (κ1) is 23.3. The van der Waals surface area contributed by atoms with Gasteiger partial charge in [-0.3, -0.25) is 9.59 Å². The summed E-state index contributed by atoms with van der Waals surface area (Å²) in [5.74, 6) is -0.482. The third-order valence-electron chi connectivity index (χ3n) is 6.20. The number of carbonyl (C=O) groups is 2. The van der Waals surface area contributed by atoms with Gasteiger partial charge in [-0.05, 0) is 62.1 Å². The zero-order valence-electron chi connectivity index (χ0n) is 18.9. The van der Waals surface area contributed by atoms with Gasteiger partial charge in [-0.25, -0.2) is 18.0 Å². The largest absolute Gasteiger partial charge is 0.495 e. The molecule has 0 radical (unpaired) electrons. The summed E-state index contributed by atoms with van der Waals surface area (Å²) < 4.78 is 34.2. The summed E-state index contributed by atoms with van der Waals surface area (Å²) in [4.78, 5) is 27.7. The first-order valence-electron chi connectivity index (χ1n) is 11.2. The van der Waals surface area contributed by atoms with Gasteiger partial charge in [0.05, 0.1) is 17.7 Å². The molecule has 2 fully saturated rings. The maximum absolute atomic E-state index is 13.1. The molecular weight excluding hydrogens is 442 g/mol. The zero-order chi connectivity index (χ0) is 23.6. The second-order valence-electron chi connectivity index (χ2n) is 8.44. The fourth-order valence-corrected chi connectivity index (χ4v) is 5.60. The van der Waals surface area contributed by atoms with Crippen LogP contribution in [-0.4, -0.2) is 40.4 Å². The van der Waals surface area contributed by atoms with Gasteiger partial charge in [0.25, 0.3) is 0 Å². The van der Waals surface area contributed by atoms with E-state index in [-0.39, 0.29) is 41.0 Å². The maximum atomic E-state index is 13.1. The Balaban J connectivity index is 1.54. The van der Waals surface area contributed by atoms with Gasteiger partial charge in [0.15, 0.2) is 0 Å². The molecule has 2 heterocycles. The third-order valence-corrected chi connectivity index (χ3v) is 7.74. The molecule has 33 heavy (non-hydrogen) atoms. The van der Waals surface area contributed by atoms with Crippen molar-refractivity contribution in [3.05, 3.63) is 48.0 Å². The molecule has 176 valence electrons. The van der Waals surface area contributed by atoms with Crippen molar-refractivity contribution < 1.29 is 22.7 Å². The van der Waals surface area contributed by atoms with Crippen molar-refractivity contribution in [2.75, 3.05) is 30.0 Å². The van der Waals surface area contributed by atoms with Gasteiger partial charge in [0.1, 0.15) is 5.75 Å². The lowest BCUT2D eigenvalue weighted by atomic mass is 10.1. The average Bonchev–Trinajstić information content (AvgIpc) is 3.16. The van der Waals surface area contributed by atoms with E-state index in [1.165, 1.54) is 44.6 Å². The summed E-state index contributed by atoms with van der Waals surface area (Å²) in [6.45, 7) is 3.87. The van der Waals surface area contributed by atoms with Crippen LogP contribution in [0.2, 0.25) is 0 Å². The molecule has 2 saturated heterocycles. The van der Waals surface area contributed by atoms with Crippen LogP contribution in [0.4, 0.5) is 11.4 Å². The Morgan fingerprint density at radius 2 is 1.58 bits per heavy atom. The molecule has 0 aliphatic carbocycles. The number of benzene rings is 2. The first-order valence-corrected chi connectivity index (χ1v) is 12.7. The molecule has 9 heteroatoms. The number of piperidine rings is 1. The van der Waals surface area contributed by atoms with E-state index < -0.39 is 16.1 Å². The lowest BCUT2D eigenvalue weighted by Gasteiger charge is -2.29. The number of nitrogens with one attached hydrogen (secondary N) is 1. The second-order valence-corrected chi connectivity index (χ2v) is 10.2. The van der Waals surface area contributed by atoms with E-state index in [1.54, 1.807) is 6.92 Å². The lowest BCUT2D eigenvalue weighted by Crippen LogP contribution is -2.30. The summed E-state index contributed by atoms with van der Waals surface area (Å²) in [5.41, 5.74) is 2.14. The Kier molecular flexibility index (Phi) is 6.71. The number of hydrogen-bond donors (Lipinski definition) is 1. The van der Waals surface area contributed by atoms with Gasteiger partial charge in [-0.2, -0.15) is 0 Å². The Morgan fingerprint density at radius 1 is 0.939 bits per heavy atom. The molecule has 4 rings (SSSR count). The number of methoxy groups -OCH3 is 1. The van der Waals surface area contributed by atoms with Crippen LogP contribution in [0.5, 0.6) is 5.75 Å². The van der Waals surface area contributed by atoms with E-state index in [9.17, 15) is 18.0 Å². The molecular formula is C24H29N3O5S. The normalized spacial score (nSPS) is 18.0. The van der Waals surface area contributed by atoms with Crippen molar-refractivity contribution >= 4 is 33.2 Å². The minimum Gasteiger partial charge on any atom is -0.495 e. The van der Waals surface area contributed by atoms with Gasteiger partial charge < -0.3 is 9.64 Å². The Hall–Kier alpha value is -2.91. The number of ether oxygens (including phenoxy) is 1. The first-order chi connectivity index (χ1) is 15.8. The quantitative estimate of drug-likeness (QED) is 0.622. The summed E-state index contributed by atoms with van der Waals surface area (Å²) in [5, 5.41) is 0. The molecule has 8 nitrogen and oxygen atoms in total. The van der Waals surface area contributed by atoms with Crippen molar-refractivity contribution in [2.45, 2.75) is 50.0 Å². The fraction of sp³-hybridized carbons (Fsp3) is 0.417. The van der Waals surface area contributed by atoms with Gasteiger partial charge in [-0.1, -0.05) is 12.1 Å². The van der Waals surface area contributed by atoms with Crippen molar-refractivity contribution in [2.24, 2.45) is 0 Å².